The Morgan fingerprint density at radius 3 is 2.54 bits per heavy atom. The van der Waals surface area contributed by atoms with E-state index in [1.165, 1.54) is 6.08 Å². The molecule has 1 unspecified atom stereocenters. The second kappa shape index (κ2) is 5.98. The van der Waals surface area contributed by atoms with Crippen LogP contribution in [0.3, 0.4) is 0 Å². The molecule has 28 heavy (non-hydrogen) atoms. The average Bonchev–Trinajstić information content (AvgIpc) is 2.94. The number of halogens is 2. The summed E-state index contributed by atoms with van der Waals surface area (Å²) in [5.74, 6) is -2.87. The van der Waals surface area contributed by atoms with Crippen LogP contribution < -0.4 is 0 Å². The summed E-state index contributed by atoms with van der Waals surface area (Å²) in [6.45, 7) is 5.38. The number of allylic oxidation sites excluding steroid dienone is 1. The number of fused-ring (bicyclic) bond motifs is 5. The van der Waals surface area contributed by atoms with Crippen molar-refractivity contribution < 1.29 is 23.9 Å². The Morgan fingerprint density at radius 1 is 1.21 bits per heavy atom. The van der Waals surface area contributed by atoms with Crippen molar-refractivity contribution in [2.24, 2.45) is 28.6 Å². The number of rotatable bonds is 2. The summed E-state index contributed by atoms with van der Waals surface area (Å²) in [6, 6.07) is 0. The molecule has 4 aliphatic rings. The van der Waals surface area contributed by atoms with Crippen molar-refractivity contribution in [3.05, 3.63) is 11.6 Å². The third-order valence-corrected chi connectivity index (χ3v) is 9.55. The van der Waals surface area contributed by atoms with Gasteiger partial charge >= 0.3 is 0 Å². The summed E-state index contributed by atoms with van der Waals surface area (Å²) < 4.78 is 16.9. The molecule has 6 heteroatoms. The molecule has 0 bridgehead atoms. The van der Waals surface area contributed by atoms with Crippen molar-refractivity contribution >= 4 is 29.0 Å². The molecule has 0 radical (unpaired) electrons. The number of hydrogen-bond donors (Lipinski definition) is 1. The Bertz CT molecular complexity index is 808. The van der Waals surface area contributed by atoms with Gasteiger partial charge in [0.2, 0.25) is 11.6 Å². The van der Waals surface area contributed by atoms with Gasteiger partial charge in [0.15, 0.2) is 5.78 Å². The Morgan fingerprint density at radius 2 is 1.89 bits per heavy atom. The van der Waals surface area contributed by atoms with Crippen LogP contribution in [0.4, 0.5) is 4.39 Å². The maximum atomic E-state index is 16.9. The largest absolute Gasteiger partial charge is 0.381 e. The third kappa shape index (κ3) is 2.08. The van der Waals surface area contributed by atoms with Crippen molar-refractivity contribution in [3.63, 3.8) is 0 Å². The molecule has 3 fully saturated rings. The molecular formula is C22H28ClFO4. The van der Waals surface area contributed by atoms with Crippen LogP contribution in [-0.2, 0) is 14.4 Å². The number of Topliss-reactive ketones (excluding diaryl/α,β-unsaturated/α-hetero) is 2. The zero-order valence-electron chi connectivity index (χ0n) is 16.7. The number of aliphatic hydroxyl groups is 1. The van der Waals surface area contributed by atoms with E-state index in [1.54, 1.807) is 13.8 Å². The first-order valence-electron chi connectivity index (χ1n) is 10.3. The highest BCUT2D eigenvalue weighted by Gasteiger charge is 2.72. The smallest absolute Gasteiger partial charge is 0.221 e. The molecule has 0 aromatic heterocycles. The molecule has 0 spiro atoms. The van der Waals surface area contributed by atoms with Crippen LogP contribution in [0.25, 0.3) is 0 Å². The van der Waals surface area contributed by atoms with E-state index in [1.807, 2.05) is 6.92 Å². The molecule has 0 aliphatic heterocycles. The van der Waals surface area contributed by atoms with E-state index in [4.69, 9.17) is 11.6 Å². The summed E-state index contributed by atoms with van der Waals surface area (Å²) in [5, 5.41) is 11.2. The molecule has 7 atom stereocenters. The van der Waals surface area contributed by atoms with Gasteiger partial charge in [-0.05, 0) is 56.4 Å². The minimum absolute atomic E-state index is 0.151. The van der Waals surface area contributed by atoms with Gasteiger partial charge in [-0.1, -0.05) is 26.3 Å². The summed E-state index contributed by atoms with van der Waals surface area (Å²) in [4.78, 5) is 37.0. The van der Waals surface area contributed by atoms with E-state index in [-0.39, 0.29) is 29.9 Å². The fourth-order valence-electron chi connectivity index (χ4n) is 7.30. The van der Waals surface area contributed by atoms with Gasteiger partial charge in [-0.25, -0.2) is 4.39 Å². The maximum Gasteiger partial charge on any atom is 0.221 e. The van der Waals surface area contributed by atoms with Gasteiger partial charge in [0.25, 0.3) is 0 Å². The average molecular weight is 411 g/mol. The highest BCUT2D eigenvalue weighted by atomic mass is 35.5. The first-order valence-corrected chi connectivity index (χ1v) is 10.8. The lowest BCUT2D eigenvalue weighted by atomic mass is 9.43. The molecule has 3 saturated carbocycles. The van der Waals surface area contributed by atoms with Crippen molar-refractivity contribution in [1.82, 2.24) is 0 Å². The van der Waals surface area contributed by atoms with Gasteiger partial charge in [0.1, 0.15) is 11.3 Å². The molecule has 4 aliphatic carbocycles. The second-order valence-corrected chi connectivity index (χ2v) is 10.1. The summed E-state index contributed by atoms with van der Waals surface area (Å²) >= 11 is 5.78. The molecular weight excluding hydrogens is 383 g/mol. The van der Waals surface area contributed by atoms with Crippen LogP contribution in [-0.4, -0.2) is 39.6 Å². The number of hydrogen-bond acceptors (Lipinski definition) is 4. The topological polar surface area (TPSA) is 71.4 Å². The Balaban J connectivity index is 1.79. The fraction of sp³-hybridized carbons (Fsp3) is 0.773. The number of ketones is 3. The lowest BCUT2D eigenvalue weighted by Crippen LogP contribution is -2.66. The summed E-state index contributed by atoms with van der Waals surface area (Å²) in [5.41, 5.74) is -4.13. The molecule has 154 valence electrons. The van der Waals surface area contributed by atoms with E-state index in [0.29, 0.717) is 32.1 Å². The third-order valence-electron chi connectivity index (χ3n) is 9.31. The first-order chi connectivity index (χ1) is 13.0. The Hall–Kier alpha value is -1.07. The van der Waals surface area contributed by atoms with Gasteiger partial charge in [-0.2, -0.15) is 0 Å². The van der Waals surface area contributed by atoms with Crippen LogP contribution in [0, 0.1) is 28.6 Å². The molecule has 0 aromatic carbocycles. The molecule has 1 N–H and O–H groups in total. The van der Waals surface area contributed by atoms with E-state index in [2.05, 4.69) is 0 Å². The molecule has 4 nitrogen and oxygen atoms in total. The first kappa shape index (κ1) is 20.2. The Labute approximate surface area is 169 Å². The number of carbonyl (C=O) groups is 3. The molecule has 0 heterocycles. The zero-order chi connectivity index (χ0) is 20.7. The fourth-order valence-corrected chi connectivity index (χ4v) is 7.53. The monoisotopic (exact) mass is 410 g/mol. The van der Waals surface area contributed by atoms with E-state index in [9.17, 15) is 19.5 Å². The standard InChI is InChI=1S/C22H28ClFO4/c1-12-18(27)16(25)10-13-4-5-15-14-6-7-22(28,17(26)11-23)19(14,2)8-9-21(15,24)20(12,13)3/h10,12,14-15,28H,4-9,11H2,1-3H3/t12?,14-,15-,19-,20-,21+,22-/m0/s1. The minimum atomic E-state index is -1.63. The minimum Gasteiger partial charge on any atom is -0.381 e. The molecule has 4 rings (SSSR count). The lowest BCUT2D eigenvalue weighted by Gasteiger charge is -2.63. The maximum absolute atomic E-state index is 16.9. The predicted molar refractivity (Wildman–Crippen MR) is 103 cm³/mol. The normalized spacial score (nSPS) is 50.5. The van der Waals surface area contributed by atoms with Crippen molar-refractivity contribution in [2.45, 2.75) is 70.6 Å². The zero-order valence-corrected chi connectivity index (χ0v) is 17.4. The van der Waals surface area contributed by atoms with E-state index in [0.717, 1.165) is 5.57 Å². The quantitative estimate of drug-likeness (QED) is 0.558. The van der Waals surface area contributed by atoms with Crippen LogP contribution in [0.5, 0.6) is 0 Å². The van der Waals surface area contributed by atoms with Gasteiger partial charge in [0, 0.05) is 16.7 Å². The summed E-state index contributed by atoms with van der Waals surface area (Å²) in [7, 11) is 0. The molecule has 0 amide bonds. The van der Waals surface area contributed by atoms with Crippen molar-refractivity contribution in [2.75, 3.05) is 5.88 Å². The highest BCUT2D eigenvalue weighted by molar-refractivity contribution is 6.43. The molecule has 0 aromatic rings. The van der Waals surface area contributed by atoms with Crippen LogP contribution in [0.15, 0.2) is 11.6 Å². The van der Waals surface area contributed by atoms with Crippen LogP contribution in [0.2, 0.25) is 0 Å². The van der Waals surface area contributed by atoms with Crippen LogP contribution in [0.1, 0.15) is 59.3 Å². The van der Waals surface area contributed by atoms with E-state index >= 15 is 4.39 Å². The Kier molecular flexibility index (Phi) is 4.31. The predicted octanol–water partition coefficient (Wildman–Crippen LogP) is 3.57. The van der Waals surface area contributed by atoms with E-state index < -0.39 is 39.6 Å². The lowest BCUT2D eigenvalue weighted by molar-refractivity contribution is -0.188. The highest BCUT2D eigenvalue weighted by Crippen LogP contribution is 2.70. The molecule has 0 saturated heterocycles. The number of carbonyl (C=O) groups excluding carboxylic acids is 3. The van der Waals surface area contributed by atoms with Crippen molar-refractivity contribution in [3.8, 4) is 0 Å². The van der Waals surface area contributed by atoms with Crippen molar-refractivity contribution in [1.29, 1.82) is 0 Å². The van der Waals surface area contributed by atoms with Crippen LogP contribution >= 0.6 is 11.6 Å². The van der Waals surface area contributed by atoms with Gasteiger partial charge in [-0.3, -0.25) is 14.4 Å². The van der Waals surface area contributed by atoms with Gasteiger partial charge in [-0.15, -0.1) is 11.6 Å². The van der Waals surface area contributed by atoms with Gasteiger partial charge in [0.05, 0.1) is 5.88 Å². The second-order valence-electron chi connectivity index (χ2n) is 9.81. The summed E-state index contributed by atoms with van der Waals surface area (Å²) in [6.07, 6.45) is 3.92. The number of alkyl halides is 2. The van der Waals surface area contributed by atoms with Gasteiger partial charge < -0.3 is 5.11 Å². The SMILES string of the molecule is CC1C(=O)C(=O)C=C2CC[C@H]3[C@@H]4CC[C@](O)(C(=O)CCl)[C@@]4(C)CC[C@]3(F)[C@]21C.